The molecule has 0 saturated carbocycles. The van der Waals surface area contributed by atoms with Crippen molar-refractivity contribution < 1.29 is 0 Å². The third kappa shape index (κ3) is 5.09. The summed E-state index contributed by atoms with van der Waals surface area (Å²) in [4.78, 5) is 11.4. The third-order valence-corrected chi connectivity index (χ3v) is 4.87. The number of hydrogen-bond acceptors (Lipinski definition) is 3. The fraction of sp³-hybridized carbons (Fsp3) is 0.733. The molecule has 1 aromatic rings. The van der Waals surface area contributed by atoms with Crippen molar-refractivity contribution >= 4 is 41.3 Å². The van der Waals surface area contributed by atoms with Crippen LogP contribution in [0.5, 0.6) is 0 Å². The lowest BCUT2D eigenvalue weighted by atomic mass is 9.93. The number of nitrogens with zero attached hydrogens (tertiary/aromatic N) is 3. The molecule has 0 radical (unpaired) electrons. The Hall–Kier alpha value is -0.370. The second kappa shape index (κ2) is 7.76. The van der Waals surface area contributed by atoms with E-state index in [0.29, 0.717) is 11.3 Å². The van der Waals surface area contributed by atoms with E-state index in [1.54, 1.807) is 11.3 Å². The summed E-state index contributed by atoms with van der Waals surface area (Å²) in [5, 5.41) is 6.79. The largest absolute Gasteiger partial charge is 0.351 e. The lowest BCUT2D eigenvalue weighted by molar-refractivity contribution is 0.370. The van der Waals surface area contributed by atoms with Crippen molar-refractivity contribution in [2.45, 2.75) is 46.6 Å². The summed E-state index contributed by atoms with van der Waals surface area (Å²) in [5.41, 5.74) is 1.50. The number of aliphatic imine (C=N–C) groups is 1. The molecule has 1 aromatic heterocycles. The maximum absolute atomic E-state index is 4.65. The van der Waals surface area contributed by atoms with Crippen LogP contribution < -0.4 is 5.32 Å². The molecule has 4 nitrogen and oxygen atoms in total. The van der Waals surface area contributed by atoms with E-state index in [-0.39, 0.29) is 24.0 Å². The van der Waals surface area contributed by atoms with Crippen LogP contribution in [0.3, 0.4) is 0 Å². The first-order valence-electron chi connectivity index (χ1n) is 7.31. The van der Waals surface area contributed by atoms with Gasteiger partial charge in [-0.1, -0.05) is 27.7 Å². The Morgan fingerprint density at radius 1 is 1.52 bits per heavy atom. The maximum Gasteiger partial charge on any atom is 0.193 e. The van der Waals surface area contributed by atoms with Crippen LogP contribution in [-0.2, 0) is 6.54 Å². The van der Waals surface area contributed by atoms with Gasteiger partial charge in [-0.2, -0.15) is 0 Å². The van der Waals surface area contributed by atoms with Gasteiger partial charge in [-0.25, -0.2) is 4.98 Å². The van der Waals surface area contributed by atoms with Crippen LogP contribution in [0.4, 0.5) is 0 Å². The molecule has 1 saturated heterocycles. The van der Waals surface area contributed by atoms with Crippen molar-refractivity contribution in [2.75, 3.05) is 20.1 Å². The van der Waals surface area contributed by atoms with Gasteiger partial charge < -0.3 is 10.2 Å². The predicted octanol–water partition coefficient (Wildman–Crippen LogP) is 3.69. The first-order chi connectivity index (χ1) is 9.41. The SMILES string of the molecule is CN=C(NCc1csc(C(C)C)n1)N1CCC(C)(C)C1.I. The highest BCUT2D eigenvalue weighted by atomic mass is 127. The smallest absolute Gasteiger partial charge is 0.193 e. The van der Waals surface area contributed by atoms with Crippen LogP contribution in [0.15, 0.2) is 10.4 Å². The molecule has 0 atom stereocenters. The number of hydrogen-bond donors (Lipinski definition) is 1. The average Bonchev–Trinajstić information content (AvgIpc) is 2.97. The highest BCUT2D eigenvalue weighted by Crippen LogP contribution is 2.28. The normalized spacial score (nSPS) is 18.0. The summed E-state index contributed by atoms with van der Waals surface area (Å²) in [6, 6.07) is 0. The zero-order chi connectivity index (χ0) is 14.8. The number of halogens is 1. The summed E-state index contributed by atoms with van der Waals surface area (Å²) in [5.74, 6) is 1.50. The van der Waals surface area contributed by atoms with Gasteiger partial charge in [0.15, 0.2) is 5.96 Å². The number of rotatable bonds is 3. The van der Waals surface area contributed by atoms with E-state index in [1.165, 1.54) is 11.4 Å². The molecule has 0 aromatic carbocycles. The standard InChI is InChI=1S/C15H26N4S.HI/c1-11(2)13-18-12(9-20-13)8-17-14(16-5)19-7-6-15(3,4)10-19;/h9,11H,6-8,10H2,1-5H3,(H,16,17);1H. The molecule has 21 heavy (non-hydrogen) atoms. The van der Waals surface area contributed by atoms with Crippen molar-refractivity contribution in [2.24, 2.45) is 10.4 Å². The lowest BCUT2D eigenvalue weighted by Gasteiger charge is -2.23. The van der Waals surface area contributed by atoms with E-state index in [0.717, 1.165) is 31.3 Å². The van der Waals surface area contributed by atoms with Crippen LogP contribution in [0.1, 0.15) is 50.7 Å². The summed E-state index contributed by atoms with van der Waals surface area (Å²) < 4.78 is 0. The summed E-state index contributed by atoms with van der Waals surface area (Å²) in [6.45, 7) is 11.9. The fourth-order valence-electron chi connectivity index (χ4n) is 2.46. The Kier molecular flexibility index (Phi) is 6.90. The second-order valence-electron chi connectivity index (χ2n) is 6.57. The minimum absolute atomic E-state index is 0. The molecule has 1 aliphatic rings. The van der Waals surface area contributed by atoms with Crippen LogP contribution in [0.2, 0.25) is 0 Å². The van der Waals surface area contributed by atoms with Gasteiger partial charge in [-0.15, -0.1) is 35.3 Å². The van der Waals surface area contributed by atoms with E-state index in [1.807, 2.05) is 7.05 Å². The molecule has 120 valence electrons. The molecule has 0 aliphatic carbocycles. The second-order valence-corrected chi connectivity index (χ2v) is 7.46. The molecular weight excluding hydrogens is 395 g/mol. The molecule has 2 rings (SSSR count). The molecule has 1 aliphatic heterocycles. The maximum atomic E-state index is 4.65. The molecule has 6 heteroatoms. The molecule has 0 amide bonds. The van der Waals surface area contributed by atoms with Gasteiger partial charge in [0, 0.05) is 31.4 Å². The monoisotopic (exact) mass is 422 g/mol. The Morgan fingerprint density at radius 2 is 2.24 bits per heavy atom. The molecule has 0 unspecified atom stereocenters. The number of aromatic nitrogens is 1. The summed E-state index contributed by atoms with van der Waals surface area (Å²) in [6.07, 6.45) is 1.22. The van der Waals surface area contributed by atoms with E-state index in [2.05, 4.69) is 53.3 Å². The molecular formula is C15H27IN4S. The first-order valence-corrected chi connectivity index (χ1v) is 8.19. The zero-order valence-electron chi connectivity index (χ0n) is 13.6. The van der Waals surface area contributed by atoms with E-state index < -0.39 is 0 Å². The topological polar surface area (TPSA) is 40.5 Å². The van der Waals surface area contributed by atoms with Crippen molar-refractivity contribution in [1.29, 1.82) is 0 Å². The predicted molar refractivity (Wildman–Crippen MR) is 102 cm³/mol. The van der Waals surface area contributed by atoms with Gasteiger partial charge in [-0.05, 0) is 11.8 Å². The van der Waals surface area contributed by atoms with Gasteiger partial charge in [0.05, 0.1) is 17.2 Å². The first kappa shape index (κ1) is 18.7. The highest BCUT2D eigenvalue weighted by Gasteiger charge is 2.30. The number of thiazole rings is 1. The quantitative estimate of drug-likeness (QED) is 0.459. The van der Waals surface area contributed by atoms with Crippen molar-refractivity contribution in [3.63, 3.8) is 0 Å². The highest BCUT2D eigenvalue weighted by molar-refractivity contribution is 14.0. The summed E-state index contributed by atoms with van der Waals surface area (Å²) in [7, 11) is 1.86. The Morgan fingerprint density at radius 3 is 2.71 bits per heavy atom. The Bertz CT molecular complexity index is 482. The Labute approximate surface area is 149 Å². The van der Waals surface area contributed by atoms with Crippen LogP contribution in [0, 0.1) is 5.41 Å². The van der Waals surface area contributed by atoms with Crippen LogP contribution >= 0.6 is 35.3 Å². The van der Waals surface area contributed by atoms with Gasteiger partial charge in [0.25, 0.3) is 0 Å². The van der Waals surface area contributed by atoms with Crippen molar-refractivity contribution in [1.82, 2.24) is 15.2 Å². The number of guanidine groups is 1. The molecule has 1 fully saturated rings. The van der Waals surface area contributed by atoms with E-state index in [4.69, 9.17) is 0 Å². The van der Waals surface area contributed by atoms with Crippen LogP contribution in [-0.4, -0.2) is 36.0 Å². The van der Waals surface area contributed by atoms with Gasteiger partial charge in [-0.3, -0.25) is 4.99 Å². The van der Waals surface area contributed by atoms with E-state index in [9.17, 15) is 0 Å². The van der Waals surface area contributed by atoms with E-state index >= 15 is 0 Å². The molecule has 2 heterocycles. The zero-order valence-corrected chi connectivity index (χ0v) is 16.8. The lowest BCUT2D eigenvalue weighted by Crippen LogP contribution is -2.40. The number of nitrogens with one attached hydrogen (secondary N) is 1. The third-order valence-electron chi connectivity index (χ3n) is 3.68. The summed E-state index contributed by atoms with van der Waals surface area (Å²) >= 11 is 1.74. The Balaban J connectivity index is 0.00000220. The number of likely N-dealkylation sites (tertiary alicyclic amines) is 1. The van der Waals surface area contributed by atoms with Crippen molar-refractivity contribution in [3.8, 4) is 0 Å². The van der Waals surface area contributed by atoms with Gasteiger partial charge in [0.1, 0.15) is 0 Å². The average molecular weight is 422 g/mol. The van der Waals surface area contributed by atoms with Gasteiger partial charge in [0.2, 0.25) is 0 Å². The fourth-order valence-corrected chi connectivity index (χ4v) is 3.30. The molecule has 1 N–H and O–H groups in total. The minimum Gasteiger partial charge on any atom is -0.351 e. The molecule has 0 spiro atoms. The van der Waals surface area contributed by atoms with Crippen molar-refractivity contribution in [3.05, 3.63) is 16.1 Å². The van der Waals surface area contributed by atoms with Crippen LogP contribution in [0.25, 0.3) is 0 Å². The minimum atomic E-state index is 0. The molecule has 0 bridgehead atoms. The van der Waals surface area contributed by atoms with Gasteiger partial charge >= 0.3 is 0 Å².